The van der Waals surface area contributed by atoms with Crippen LogP contribution < -0.4 is 5.32 Å². The van der Waals surface area contributed by atoms with Gasteiger partial charge in [0.2, 0.25) is 0 Å². The SMILES string of the molecule is CC(C)(CNC(=O)c1cc2c(s1)CCCC2)N1CCCCC1. The van der Waals surface area contributed by atoms with Crippen LogP contribution in [0.15, 0.2) is 6.07 Å². The van der Waals surface area contributed by atoms with Gasteiger partial charge in [0.1, 0.15) is 0 Å². The highest BCUT2D eigenvalue weighted by Crippen LogP contribution is 2.29. The largest absolute Gasteiger partial charge is 0.350 e. The minimum absolute atomic E-state index is 0.0486. The predicted molar refractivity (Wildman–Crippen MR) is 92.8 cm³/mol. The number of hydrogen-bond acceptors (Lipinski definition) is 3. The maximum absolute atomic E-state index is 12.5. The summed E-state index contributed by atoms with van der Waals surface area (Å²) < 4.78 is 0. The molecule has 0 aromatic carbocycles. The van der Waals surface area contributed by atoms with E-state index in [1.165, 1.54) is 42.5 Å². The van der Waals surface area contributed by atoms with Gasteiger partial charge in [-0.3, -0.25) is 9.69 Å². The third-order valence-corrected chi connectivity index (χ3v) is 6.35. The zero-order valence-electron chi connectivity index (χ0n) is 13.9. The van der Waals surface area contributed by atoms with Gasteiger partial charge in [0.05, 0.1) is 4.88 Å². The second-order valence-corrected chi connectivity index (χ2v) is 8.45. The number of rotatable bonds is 4. The molecule has 3 nitrogen and oxygen atoms in total. The lowest BCUT2D eigenvalue weighted by Crippen LogP contribution is -2.53. The Morgan fingerprint density at radius 3 is 2.64 bits per heavy atom. The number of likely N-dealkylation sites (tertiary alicyclic amines) is 1. The van der Waals surface area contributed by atoms with E-state index in [0.717, 1.165) is 37.4 Å². The number of piperidine rings is 1. The van der Waals surface area contributed by atoms with Crippen LogP contribution in [0.25, 0.3) is 0 Å². The van der Waals surface area contributed by atoms with Crippen molar-refractivity contribution in [2.75, 3.05) is 19.6 Å². The quantitative estimate of drug-likeness (QED) is 0.919. The predicted octanol–water partition coefficient (Wildman–Crippen LogP) is 3.62. The Hall–Kier alpha value is -0.870. The summed E-state index contributed by atoms with van der Waals surface area (Å²) in [6.45, 7) is 7.55. The molecule has 2 heterocycles. The Balaban J connectivity index is 1.58. The van der Waals surface area contributed by atoms with Gasteiger partial charge in [-0.05, 0) is 77.1 Å². The molecule has 3 rings (SSSR count). The van der Waals surface area contributed by atoms with Crippen molar-refractivity contribution in [3.8, 4) is 0 Å². The number of aryl methyl sites for hydroxylation is 2. The molecule has 4 heteroatoms. The maximum Gasteiger partial charge on any atom is 0.261 e. The molecule has 22 heavy (non-hydrogen) atoms. The van der Waals surface area contributed by atoms with Crippen LogP contribution in [-0.4, -0.2) is 36.0 Å². The molecule has 0 bridgehead atoms. The summed E-state index contributed by atoms with van der Waals surface area (Å²) in [6.07, 6.45) is 8.78. The topological polar surface area (TPSA) is 32.3 Å². The van der Waals surface area contributed by atoms with E-state index in [9.17, 15) is 4.79 Å². The molecule has 1 aliphatic carbocycles. The molecule has 1 N–H and O–H groups in total. The molecule has 0 atom stereocenters. The Kier molecular flexibility index (Phi) is 4.88. The van der Waals surface area contributed by atoms with Gasteiger partial charge in [-0.25, -0.2) is 0 Å². The standard InChI is InChI=1S/C18H28N2OS/c1-18(2,20-10-6-3-7-11-20)13-19-17(21)16-12-14-8-4-5-9-15(14)22-16/h12H,3-11,13H2,1-2H3,(H,19,21). The second-order valence-electron chi connectivity index (χ2n) is 7.31. The Labute approximate surface area is 138 Å². The highest BCUT2D eigenvalue weighted by molar-refractivity contribution is 7.14. The van der Waals surface area contributed by atoms with Crippen LogP contribution in [0.2, 0.25) is 0 Å². The van der Waals surface area contributed by atoms with Crippen LogP contribution in [0.3, 0.4) is 0 Å². The van der Waals surface area contributed by atoms with Crippen LogP contribution in [0.4, 0.5) is 0 Å². The van der Waals surface area contributed by atoms with E-state index in [4.69, 9.17) is 0 Å². The van der Waals surface area contributed by atoms with Gasteiger partial charge in [0.25, 0.3) is 5.91 Å². The van der Waals surface area contributed by atoms with Crippen molar-refractivity contribution in [3.63, 3.8) is 0 Å². The first kappa shape index (κ1) is 16.0. The van der Waals surface area contributed by atoms with E-state index in [2.05, 4.69) is 30.1 Å². The van der Waals surface area contributed by atoms with E-state index >= 15 is 0 Å². The fourth-order valence-corrected chi connectivity index (χ4v) is 4.77. The van der Waals surface area contributed by atoms with E-state index in [-0.39, 0.29) is 11.4 Å². The first-order chi connectivity index (χ1) is 10.6. The fraction of sp³-hybridized carbons (Fsp3) is 0.722. The molecular formula is C18H28N2OS. The number of hydrogen-bond donors (Lipinski definition) is 1. The molecule has 0 radical (unpaired) electrons. The van der Waals surface area contributed by atoms with E-state index in [1.54, 1.807) is 11.3 Å². The molecular weight excluding hydrogens is 292 g/mol. The number of thiophene rings is 1. The number of fused-ring (bicyclic) bond motifs is 1. The molecule has 122 valence electrons. The normalized spacial score (nSPS) is 19.7. The van der Waals surface area contributed by atoms with Gasteiger partial charge in [-0.15, -0.1) is 11.3 Å². The van der Waals surface area contributed by atoms with Gasteiger partial charge in [-0.1, -0.05) is 6.42 Å². The van der Waals surface area contributed by atoms with Crippen LogP contribution >= 0.6 is 11.3 Å². The van der Waals surface area contributed by atoms with Crippen molar-refractivity contribution in [3.05, 3.63) is 21.4 Å². The highest BCUT2D eigenvalue weighted by Gasteiger charge is 2.28. The second kappa shape index (κ2) is 6.71. The smallest absolute Gasteiger partial charge is 0.261 e. The van der Waals surface area contributed by atoms with Gasteiger partial charge >= 0.3 is 0 Å². The third-order valence-electron chi connectivity index (χ3n) is 5.11. The molecule has 1 aromatic rings. The zero-order chi connectivity index (χ0) is 15.6. The van der Waals surface area contributed by atoms with Gasteiger partial charge in [0, 0.05) is 17.0 Å². The molecule has 0 unspecified atom stereocenters. The van der Waals surface area contributed by atoms with Gasteiger partial charge < -0.3 is 5.32 Å². The number of amides is 1. The number of nitrogens with zero attached hydrogens (tertiary/aromatic N) is 1. The summed E-state index contributed by atoms with van der Waals surface area (Å²) in [5.41, 5.74) is 1.46. The minimum atomic E-state index is 0.0486. The van der Waals surface area contributed by atoms with Crippen molar-refractivity contribution in [2.45, 2.75) is 64.3 Å². The van der Waals surface area contributed by atoms with E-state index in [1.807, 2.05) is 0 Å². The lowest BCUT2D eigenvalue weighted by Gasteiger charge is -2.41. The van der Waals surface area contributed by atoms with Crippen LogP contribution in [0.5, 0.6) is 0 Å². The zero-order valence-corrected chi connectivity index (χ0v) is 14.7. The van der Waals surface area contributed by atoms with E-state index in [0.29, 0.717) is 0 Å². The molecule has 1 aromatic heterocycles. The summed E-state index contributed by atoms with van der Waals surface area (Å²) in [6, 6.07) is 2.13. The maximum atomic E-state index is 12.5. The lowest BCUT2D eigenvalue weighted by atomic mass is 9.98. The van der Waals surface area contributed by atoms with Crippen molar-refractivity contribution in [1.82, 2.24) is 10.2 Å². The van der Waals surface area contributed by atoms with E-state index < -0.39 is 0 Å². The lowest BCUT2D eigenvalue weighted by molar-refractivity contribution is 0.0800. The van der Waals surface area contributed by atoms with Crippen LogP contribution in [-0.2, 0) is 12.8 Å². The monoisotopic (exact) mass is 320 g/mol. The summed E-state index contributed by atoms with van der Waals surface area (Å²) in [7, 11) is 0. The molecule has 1 amide bonds. The highest BCUT2D eigenvalue weighted by atomic mass is 32.1. The van der Waals surface area contributed by atoms with Crippen molar-refractivity contribution in [2.24, 2.45) is 0 Å². The first-order valence-electron chi connectivity index (χ1n) is 8.71. The average Bonchev–Trinajstić information content (AvgIpc) is 2.98. The Morgan fingerprint density at radius 2 is 1.91 bits per heavy atom. The fourth-order valence-electron chi connectivity index (χ4n) is 3.60. The summed E-state index contributed by atoms with van der Waals surface area (Å²) in [4.78, 5) is 17.3. The summed E-state index contributed by atoms with van der Waals surface area (Å²) >= 11 is 1.70. The third kappa shape index (κ3) is 3.54. The molecule has 0 spiro atoms. The average molecular weight is 321 g/mol. The minimum Gasteiger partial charge on any atom is -0.350 e. The van der Waals surface area contributed by atoms with Crippen molar-refractivity contribution < 1.29 is 4.79 Å². The molecule has 1 aliphatic heterocycles. The van der Waals surface area contributed by atoms with Crippen LogP contribution in [0.1, 0.15) is 66.1 Å². The van der Waals surface area contributed by atoms with Crippen molar-refractivity contribution in [1.29, 1.82) is 0 Å². The van der Waals surface area contributed by atoms with Gasteiger partial charge in [-0.2, -0.15) is 0 Å². The Bertz CT molecular complexity index is 506. The molecule has 1 saturated heterocycles. The molecule has 1 fully saturated rings. The molecule has 2 aliphatic rings. The number of carbonyl (C=O) groups is 1. The number of nitrogens with one attached hydrogen (secondary N) is 1. The first-order valence-corrected chi connectivity index (χ1v) is 9.53. The Morgan fingerprint density at radius 1 is 1.18 bits per heavy atom. The van der Waals surface area contributed by atoms with Crippen molar-refractivity contribution >= 4 is 17.2 Å². The number of carbonyl (C=O) groups excluding carboxylic acids is 1. The molecule has 0 saturated carbocycles. The summed E-state index contributed by atoms with van der Waals surface area (Å²) in [5.74, 6) is 0.115. The van der Waals surface area contributed by atoms with Crippen LogP contribution in [0, 0.1) is 0 Å². The summed E-state index contributed by atoms with van der Waals surface area (Å²) in [5, 5.41) is 3.18. The van der Waals surface area contributed by atoms with Gasteiger partial charge in [0.15, 0.2) is 0 Å².